The van der Waals surface area contributed by atoms with E-state index < -0.39 is 14.8 Å². The summed E-state index contributed by atoms with van der Waals surface area (Å²) in [6, 6.07) is 12.6. The Morgan fingerprint density at radius 2 is 1.58 bits per heavy atom. The molecular weight excluding hydrogens is 307 g/mol. The Labute approximate surface area is 120 Å². The summed E-state index contributed by atoms with van der Waals surface area (Å²) in [4.78, 5) is 11.9. The third-order valence-electron chi connectivity index (χ3n) is 2.49. The van der Waals surface area contributed by atoms with E-state index in [1.807, 2.05) is 0 Å². The van der Waals surface area contributed by atoms with Gasteiger partial charge in [-0.05, 0) is 12.1 Å². The van der Waals surface area contributed by atoms with Crippen LogP contribution < -0.4 is 0 Å². The SMILES string of the molecule is O=C(c1ccccc1)c1cccc(Cl)c1S(=O)(=O)Cl. The first-order valence-electron chi connectivity index (χ1n) is 5.24. The van der Waals surface area contributed by atoms with Crippen LogP contribution in [0.4, 0.5) is 0 Å². The second-order valence-electron chi connectivity index (χ2n) is 3.75. The minimum atomic E-state index is -4.10. The summed E-state index contributed by atoms with van der Waals surface area (Å²) >= 11 is 5.83. The monoisotopic (exact) mass is 314 g/mol. The van der Waals surface area contributed by atoms with E-state index in [4.69, 9.17) is 22.3 Å². The average molecular weight is 315 g/mol. The van der Waals surface area contributed by atoms with E-state index in [1.54, 1.807) is 30.3 Å². The van der Waals surface area contributed by atoms with E-state index in [2.05, 4.69) is 0 Å². The van der Waals surface area contributed by atoms with Crippen LogP contribution in [0.3, 0.4) is 0 Å². The van der Waals surface area contributed by atoms with Crippen LogP contribution in [0.1, 0.15) is 15.9 Å². The maximum Gasteiger partial charge on any atom is 0.263 e. The third kappa shape index (κ3) is 2.97. The summed E-state index contributed by atoms with van der Waals surface area (Å²) in [7, 11) is 1.24. The highest BCUT2D eigenvalue weighted by atomic mass is 35.7. The van der Waals surface area contributed by atoms with Gasteiger partial charge in [-0.15, -0.1) is 0 Å². The third-order valence-corrected chi connectivity index (χ3v) is 4.31. The molecule has 0 atom stereocenters. The lowest BCUT2D eigenvalue weighted by atomic mass is 10.0. The lowest BCUT2D eigenvalue weighted by Gasteiger charge is -2.07. The molecule has 0 bridgehead atoms. The molecule has 0 amide bonds. The summed E-state index contributed by atoms with van der Waals surface area (Å²) < 4.78 is 23.1. The van der Waals surface area contributed by atoms with Gasteiger partial charge in [-0.1, -0.05) is 48.0 Å². The van der Waals surface area contributed by atoms with E-state index in [9.17, 15) is 13.2 Å². The molecule has 0 heterocycles. The molecule has 19 heavy (non-hydrogen) atoms. The van der Waals surface area contributed by atoms with E-state index in [0.29, 0.717) is 5.56 Å². The molecular formula is C13H8Cl2O3S. The largest absolute Gasteiger partial charge is 0.289 e. The minimum absolute atomic E-state index is 0.0336. The maximum atomic E-state index is 12.3. The van der Waals surface area contributed by atoms with Gasteiger partial charge in [0.2, 0.25) is 0 Å². The lowest BCUT2D eigenvalue weighted by molar-refractivity contribution is 0.103. The van der Waals surface area contributed by atoms with Gasteiger partial charge in [-0.25, -0.2) is 8.42 Å². The molecule has 0 aromatic heterocycles. The van der Waals surface area contributed by atoms with Crippen LogP contribution in [0.25, 0.3) is 0 Å². The maximum absolute atomic E-state index is 12.3. The number of benzene rings is 2. The molecule has 2 rings (SSSR count). The normalized spacial score (nSPS) is 11.3. The molecule has 6 heteroatoms. The Kier molecular flexibility index (Phi) is 3.94. The first kappa shape index (κ1) is 14.1. The van der Waals surface area contributed by atoms with Gasteiger partial charge in [0.1, 0.15) is 4.90 Å². The molecule has 3 nitrogen and oxygen atoms in total. The first-order chi connectivity index (χ1) is 8.91. The predicted molar refractivity (Wildman–Crippen MR) is 74.4 cm³/mol. The van der Waals surface area contributed by atoms with Gasteiger partial charge in [-0.2, -0.15) is 0 Å². The zero-order chi connectivity index (χ0) is 14.0. The molecule has 0 spiro atoms. The van der Waals surface area contributed by atoms with Gasteiger partial charge >= 0.3 is 0 Å². The smallest absolute Gasteiger partial charge is 0.263 e. The summed E-state index contributed by atoms with van der Waals surface area (Å²) in [6.45, 7) is 0. The fourth-order valence-corrected chi connectivity index (χ4v) is 3.50. The molecule has 0 aliphatic rings. The van der Waals surface area contributed by atoms with Crippen molar-refractivity contribution in [3.8, 4) is 0 Å². The van der Waals surface area contributed by atoms with Crippen LogP contribution in [-0.2, 0) is 9.05 Å². The van der Waals surface area contributed by atoms with Crippen molar-refractivity contribution in [2.45, 2.75) is 4.90 Å². The van der Waals surface area contributed by atoms with E-state index >= 15 is 0 Å². The van der Waals surface area contributed by atoms with Crippen molar-refractivity contribution in [2.75, 3.05) is 0 Å². The van der Waals surface area contributed by atoms with Gasteiger partial charge in [0.15, 0.2) is 5.78 Å². The van der Waals surface area contributed by atoms with Crippen molar-refractivity contribution in [2.24, 2.45) is 0 Å². The van der Waals surface area contributed by atoms with Crippen molar-refractivity contribution in [1.82, 2.24) is 0 Å². The molecule has 0 fully saturated rings. The fraction of sp³-hybridized carbons (Fsp3) is 0. The predicted octanol–water partition coefficient (Wildman–Crippen LogP) is 3.50. The Balaban J connectivity index is 2.65. The lowest BCUT2D eigenvalue weighted by Crippen LogP contribution is -2.07. The Morgan fingerprint density at radius 1 is 0.947 bits per heavy atom. The molecule has 0 N–H and O–H groups in total. The van der Waals surface area contributed by atoms with Gasteiger partial charge in [0.25, 0.3) is 9.05 Å². The van der Waals surface area contributed by atoms with E-state index in [0.717, 1.165) is 0 Å². The quantitative estimate of drug-likeness (QED) is 0.643. The van der Waals surface area contributed by atoms with E-state index in [1.165, 1.54) is 18.2 Å². The Bertz CT molecular complexity index is 725. The van der Waals surface area contributed by atoms with Crippen LogP contribution in [0, 0.1) is 0 Å². The number of ketones is 1. The minimum Gasteiger partial charge on any atom is -0.289 e. The zero-order valence-electron chi connectivity index (χ0n) is 9.51. The van der Waals surface area contributed by atoms with E-state index in [-0.39, 0.29) is 15.5 Å². The van der Waals surface area contributed by atoms with Crippen LogP contribution in [-0.4, -0.2) is 14.2 Å². The molecule has 2 aromatic carbocycles. The fourth-order valence-electron chi connectivity index (χ4n) is 1.68. The summed E-state index contributed by atoms with van der Waals surface area (Å²) in [5, 5.41) is -0.0724. The molecule has 0 radical (unpaired) electrons. The number of carbonyl (C=O) groups excluding carboxylic acids is 1. The molecule has 2 aromatic rings. The number of rotatable bonds is 3. The average Bonchev–Trinajstić information content (AvgIpc) is 2.37. The molecule has 0 unspecified atom stereocenters. The highest BCUT2D eigenvalue weighted by Gasteiger charge is 2.24. The van der Waals surface area contributed by atoms with Gasteiger partial charge in [0.05, 0.1) is 5.02 Å². The van der Waals surface area contributed by atoms with Crippen molar-refractivity contribution in [1.29, 1.82) is 0 Å². The second-order valence-corrected chi connectivity index (χ2v) is 6.66. The number of carbonyl (C=O) groups is 1. The van der Waals surface area contributed by atoms with Crippen molar-refractivity contribution < 1.29 is 13.2 Å². The zero-order valence-corrected chi connectivity index (χ0v) is 11.8. The molecule has 0 aliphatic carbocycles. The standard InChI is InChI=1S/C13H8Cl2O3S/c14-11-8-4-7-10(13(11)19(15,17)18)12(16)9-5-2-1-3-6-9/h1-8H. The van der Waals surface area contributed by atoms with Gasteiger partial charge in [-0.3, -0.25) is 4.79 Å². The summed E-state index contributed by atoms with van der Waals surface area (Å²) in [6.07, 6.45) is 0. The van der Waals surface area contributed by atoms with Crippen molar-refractivity contribution in [3.05, 3.63) is 64.7 Å². The van der Waals surface area contributed by atoms with Crippen molar-refractivity contribution >= 4 is 37.1 Å². The van der Waals surface area contributed by atoms with Crippen LogP contribution in [0.2, 0.25) is 5.02 Å². The highest BCUT2D eigenvalue weighted by Crippen LogP contribution is 2.29. The van der Waals surface area contributed by atoms with Gasteiger partial charge in [0, 0.05) is 21.8 Å². The van der Waals surface area contributed by atoms with Gasteiger partial charge < -0.3 is 0 Å². The topological polar surface area (TPSA) is 51.2 Å². The molecule has 0 saturated carbocycles. The van der Waals surface area contributed by atoms with Crippen LogP contribution >= 0.6 is 22.3 Å². The number of hydrogen-bond donors (Lipinski definition) is 0. The second kappa shape index (κ2) is 5.33. The Morgan fingerprint density at radius 3 is 2.16 bits per heavy atom. The highest BCUT2D eigenvalue weighted by molar-refractivity contribution is 8.13. The number of halogens is 2. The summed E-state index contributed by atoms with van der Waals surface area (Å²) in [5.41, 5.74) is 0.333. The molecule has 0 aliphatic heterocycles. The molecule has 0 saturated heterocycles. The van der Waals surface area contributed by atoms with Crippen molar-refractivity contribution in [3.63, 3.8) is 0 Å². The number of hydrogen-bond acceptors (Lipinski definition) is 3. The first-order valence-corrected chi connectivity index (χ1v) is 7.93. The van der Waals surface area contributed by atoms with Crippen LogP contribution in [0.5, 0.6) is 0 Å². The Hall–Kier alpha value is -1.36. The van der Waals surface area contributed by atoms with Crippen LogP contribution in [0.15, 0.2) is 53.4 Å². The summed E-state index contributed by atoms with van der Waals surface area (Å²) in [5.74, 6) is -0.442. The molecule has 98 valence electrons.